The van der Waals surface area contributed by atoms with Crippen molar-refractivity contribution in [2.75, 3.05) is 19.0 Å². The number of anilines is 1. The molecule has 1 heterocycles. The third-order valence-corrected chi connectivity index (χ3v) is 3.33. The Bertz CT molecular complexity index is 365. The monoisotopic (exact) mass is 251 g/mol. The van der Waals surface area contributed by atoms with E-state index in [9.17, 15) is 5.11 Å². The van der Waals surface area contributed by atoms with Gasteiger partial charge in [-0.05, 0) is 25.7 Å². The molecule has 1 aromatic heterocycles. The lowest BCUT2D eigenvalue weighted by Gasteiger charge is -2.26. The van der Waals surface area contributed by atoms with Crippen molar-refractivity contribution in [3.05, 3.63) is 18.1 Å². The van der Waals surface area contributed by atoms with E-state index in [0.29, 0.717) is 12.6 Å². The van der Waals surface area contributed by atoms with Gasteiger partial charge in [0.15, 0.2) is 0 Å². The summed E-state index contributed by atoms with van der Waals surface area (Å²) in [7, 11) is 1.69. The van der Waals surface area contributed by atoms with Crippen molar-refractivity contribution in [3.63, 3.8) is 0 Å². The van der Waals surface area contributed by atoms with E-state index in [1.54, 1.807) is 13.4 Å². The molecule has 18 heavy (non-hydrogen) atoms. The molecule has 0 spiro atoms. The van der Waals surface area contributed by atoms with Crippen molar-refractivity contribution in [2.24, 2.45) is 0 Å². The van der Waals surface area contributed by atoms with E-state index >= 15 is 0 Å². The maximum Gasteiger partial charge on any atom is 0.129 e. The van der Waals surface area contributed by atoms with Crippen LogP contribution in [0.25, 0.3) is 0 Å². The van der Waals surface area contributed by atoms with Crippen molar-refractivity contribution in [1.29, 1.82) is 0 Å². The van der Waals surface area contributed by atoms with Gasteiger partial charge in [0.2, 0.25) is 0 Å². The van der Waals surface area contributed by atoms with Gasteiger partial charge in [0.05, 0.1) is 12.7 Å². The quantitative estimate of drug-likeness (QED) is 0.827. The smallest absolute Gasteiger partial charge is 0.129 e. The Balaban J connectivity index is 1.88. The minimum absolute atomic E-state index is 0.120. The lowest BCUT2D eigenvalue weighted by molar-refractivity contribution is 0.126. The Morgan fingerprint density at radius 1 is 1.33 bits per heavy atom. The summed E-state index contributed by atoms with van der Waals surface area (Å²) in [4.78, 5) is 8.45. The first-order valence-corrected chi connectivity index (χ1v) is 6.52. The van der Waals surface area contributed by atoms with Gasteiger partial charge in [-0.2, -0.15) is 0 Å². The van der Waals surface area contributed by atoms with Gasteiger partial charge >= 0.3 is 0 Å². The van der Waals surface area contributed by atoms with Gasteiger partial charge in [-0.25, -0.2) is 9.97 Å². The normalized spacial score (nSPS) is 23.9. The summed E-state index contributed by atoms with van der Waals surface area (Å²) < 4.78 is 5.04. The van der Waals surface area contributed by atoms with Crippen LogP contribution < -0.4 is 5.32 Å². The maximum atomic E-state index is 9.47. The van der Waals surface area contributed by atoms with Crippen LogP contribution in [0.5, 0.6) is 0 Å². The maximum absolute atomic E-state index is 9.47. The van der Waals surface area contributed by atoms with Crippen LogP contribution in [0.15, 0.2) is 12.4 Å². The van der Waals surface area contributed by atoms with Gasteiger partial charge in [0.25, 0.3) is 0 Å². The molecule has 1 fully saturated rings. The van der Waals surface area contributed by atoms with Crippen molar-refractivity contribution < 1.29 is 9.84 Å². The van der Waals surface area contributed by atoms with E-state index < -0.39 is 0 Å². The highest BCUT2D eigenvalue weighted by Gasteiger charge is 2.19. The Labute approximate surface area is 108 Å². The lowest BCUT2D eigenvalue weighted by atomic mass is 9.93. The Hall–Kier alpha value is -1.20. The highest BCUT2D eigenvalue weighted by Crippen LogP contribution is 2.21. The van der Waals surface area contributed by atoms with Crippen LogP contribution >= 0.6 is 0 Å². The summed E-state index contributed by atoms with van der Waals surface area (Å²) in [6.07, 6.45) is 6.02. The van der Waals surface area contributed by atoms with Crippen LogP contribution in [0, 0.1) is 0 Å². The third-order valence-electron chi connectivity index (χ3n) is 3.33. The van der Waals surface area contributed by atoms with Crippen molar-refractivity contribution in [3.8, 4) is 0 Å². The number of nitrogens with zero attached hydrogens (tertiary/aromatic N) is 2. The molecule has 0 amide bonds. The number of nitrogens with one attached hydrogen (secondary N) is 1. The average Bonchev–Trinajstić information content (AvgIpc) is 2.40. The van der Waals surface area contributed by atoms with Crippen molar-refractivity contribution >= 4 is 5.82 Å². The fourth-order valence-electron chi connectivity index (χ4n) is 2.25. The zero-order valence-corrected chi connectivity index (χ0v) is 10.8. The SMILES string of the molecule is COCCc1cc(NC2CCC(O)CC2)ncn1. The molecule has 1 aromatic rings. The molecular weight excluding hydrogens is 230 g/mol. The summed E-state index contributed by atoms with van der Waals surface area (Å²) in [6, 6.07) is 2.39. The summed E-state index contributed by atoms with van der Waals surface area (Å²) >= 11 is 0. The summed E-state index contributed by atoms with van der Waals surface area (Å²) in [5.74, 6) is 0.873. The summed E-state index contributed by atoms with van der Waals surface area (Å²) in [5, 5.41) is 12.9. The van der Waals surface area contributed by atoms with Gasteiger partial charge < -0.3 is 15.2 Å². The molecule has 1 saturated carbocycles. The fraction of sp³-hybridized carbons (Fsp3) is 0.692. The van der Waals surface area contributed by atoms with E-state index in [4.69, 9.17) is 4.74 Å². The van der Waals surface area contributed by atoms with Crippen molar-refractivity contribution in [1.82, 2.24) is 9.97 Å². The minimum Gasteiger partial charge on any atom is -0.393 e. The number of rotatable bonds is 5. The highest BCUT2D eigenvalue weighted by molar-refractivity contribution is 5.36. The van der Waals surface area contributed by atoms with Crippen LogP contribution in [0.2, 0.25) is 0 Å². The van der Waals surface area contributed by atoms with E-state index in [0.717, 1.165) is 43.6 Å². The van der Waals surface area contributed by atoms with Gasteiger partial charge in [0, 0.05) is 31.3 Å². The van der Waals surface area contributed by atoms with Crippen LogP contribution in [-0.2, 0) is 11.2 Å². The molecule has 5 heteroatoms. The Morgan fingerprint density at radius 3 is 2.83 bits per heavy atom. The molecule has 0 unspecified atom stereocenters. The molecule has 1 aliphatic carbocycles. The molecule has 0 saturated heterocycles. The van der Waals surface area contributed by atoms with Gasteiger partial charge in [0.1, 0.15) is 12.1 Å². The van der Waals surface area contributed by atoms with Crippen LogP contribution in [0.3, 0.4) is 0 Å². The predicted octanol–water partition coefficient (Wildman–Crippen LogP) is 1.38. The predicted molar refractivity (Wildman–Crippen MR) is 69.5 cm³/mol. The lowest BCUT2D eigenvalue weighted by Crippen LogP contribution is -2.28. The number of hydrogen-bond donors (Lipinski definition) is 2. The minimum atomic E-state index is -0.120. The molecule has 0 bridgehead atoms. The molecule has 0 aromatic carbocycles. The number of aliphatic hydroxyl groups is 1. The number of ether oxygens (including phenoxy) is 1. The van der Waals surface area contributed by atoms with E-state index in [2.05, 4.69) is 15.3 Å². The molecule has 0 aliphatic heterocycles. The largest absolute Gasteiger partial charge is 0.393 e. The molecule has 5 nitrogen and oxygen atoms in total. The topological polar surface area (TPSA) is 67.3 Å². The number of aromatic nitrogens is 2. The number of aliphatic hydroxyl groups excluding tert-OH is 1. The van der Waals surface area contributed by atoms with E-state index in [1.165, 1.54) is 0 Å². The van der Waals surface area contributed by atoms with E-state index in [1.807, 2.05) is 6.07 Å². The second-order valence-electron chi connectivity index (χ2n) is 4.79. The molecule has 2 N–H and O–H groups in total. The van der Waals surface area contributed by atoms with Gasteiger partial charge in [-0.1, -0.05) is 0 Å². The van der Waals surface area contributed by atoms with E-state index in [-0.39, 0.29) is 6.10 Å². The Kier molecular flexibility index (Phi) is 4.90. The Morgan fingerprint density at radius 2 is 2.11 bits per heavy atom. The first kappa shape index (κ1) is 13.2. The van der Waals surface area contributed by atoms with Gasteiger partial charge in [-0.3, -0.25) is 0 Å². The van der Waals surface area contributed by atoms with Gasteiger partial charge in [-0.15, -0.1) is 0 Å². The van der Waals surface area contributed by atoms with Crippen LogP contribution in [0.1, 0.15) is 31.4 Å². The average molecular weight is 251 g/mol. The molecule has 2 rings (SSSR count). The third kappa shape index (κ3) is 3.92. The standard InChI is InChI=1S/C13H21N3O2/c1-18-7-6-11-8-13(15-9-14-11)16-10-2-4-12(17)5-3-10/h8-10,12,17H,2-7H2,1H3,(H,14,15,16). The second-order valence-corrected chi connectivity index (χ2v) is 4.79. The first-order valence-electron chi connectivity index (χ1n) is 6.52. The summed E-state index contributed by atoms with van der Waals surface area (Å²) in [5.41, 5.74) is 0.991. The summed E-state index contributed by atoms with van der Waals surface area (Å²) in [6.45, 7) is 0.673. The van der Waals surface area contributed by atoms with Crippen molar-refractivity contribution in [2.45, 2.75) is 44.2 Å². The fourth-order valence-corrected chi connectivity index (χ4v) is 2.25. The number of hydrogen-bond acceptors (Lipinski definition) is 5. The number of methoxy groups -OCH3 is 1. The molecule has 0 atom stereocenters. The molecule has 0 radical (unpaired) electrons. The zero-order chi connectivity index (χ0) is 12.8. The molecule has 100 valence electrons. The highest BCUT2D eigenvalue weighted by atomic mass is 16.5. The second kappa shape index (κ2) is 6.66. The molecule has 1 aliphatic rings. The van der Waals surface area contributed by atoms with Crippen LogP contribution in [0.4, 0.5) is 5.82 Å². The molecular formula is C13H21N3O2. The first-order chi connectivity index (χ1) is 8.78. The zero-order valence-electron chi connectivity index (χ0n) is 10.8. The van der Waals surface area contributed by atoms with Crippen LogP contribution in [-0.4, -0.2) is 40.9 Å².